The van der Waals surface area contributed by atoms with Crippen LogP contribution >= 0.6 is 0 Å². The molecule has 21 heavy (non-hydrogen) atoms. The molecule has 1 amide bonds. The van der Waals surface area contributed by atoms with Crippen molar-refractivity contribution in [2.24, 2.45) is 0 Å². The molecule has 2 N–H and O–H groups in total. The Labute approximate surface area is 125 Å². The van der Waals surface area contributed by atoms with E-state index in [0.29, 0.717) is 18.9 Å². The van der Waals surface area contributed by atoms with Gasteiger partial charge in [0.15, 0.2) is 0 Å². The zero-order valence-electron chi connectivity index (χ0n) is 12.8. The Morgan fingerprint density at radius 2 is 2.33 bits per heavy atom. The van der Waals surface area contributed by atoms with Gasteiger partial charge in [-0.15, -0.1) is 0 Å². The summed E-state index contributed by atoms with van der Waals surface area (Å²) in [5, 5.41) is 12.8. The molecule has 2 rings (SSSR count). The average molecular weight is 292 g/mol. The molecule has 0 saturated carbocycles. The highest BCUT2D eigenvalue weighted by Crippen LogP contribution is 2.28. The number of hydrogen-bond donors (Lipinski definition) is 2. The van der Waals surface area contributed by atoms with Crippen LogP contribution in [0.5, 0.6) is 11.5 Å². The minimum absolute atomic E-state index is 0.0508. The van der Waals surface area contributed by atoms with Crippen molar-refractivity contribution in [2.75, 3.05) is 20.2 Å². The highest BCUT2D eigenvalue weighted by Gasteiger charge is 2.30. The number of nitrogens with one attached hydrogen (secondary N) is 1. The Hall–Kier alpha value is -1.75. The largest absolute Gasteiger partial charge is 0.507 e. The van der Waals surface area contributed by atoms with Crippen LogP contribution < -0.4 is 10.1 Å². The van der Waals surface area contributed by atoms with Crippen molar-refractivity contribution in [3.8, 4) is 11.5 Å². The number of likely N-dealkylation sites (tertiary alicyclic amines) is 1. The predicted octanol–water partition coefficient (Wildman–Crippen LogP) is 1.89. The molecule has 1 heterocycles. The van der Waals surface area contributed by atoms with Crippen LogP contribution in [0.25, 0.3) is 0 Å². The van der Waals surface area contributed by atoms with Gasteiger partial charge in [-0.2, -0.15) is 0 Å². The molecule has 0 radical (unpaired) electrons. The molecular formula is C16H24N2O3. The lowest BCUT2D eigenvalue weighted by Gasteiger charge is -2.23. The van der Waals surface area contributed by atoms with Gasteiger partial charge in [-0.1, -0.05) is 13.0 Å². The summed E-state index contributed by atoms with van der Waals surface area (Å²) >= 11 is 0. The third-order valence-electron chi connectivity index (χ3n) is 3.82. The molecule has 0 aromatic heterocycles. The van der Waals surface area contributed by atoms with Gasteiger partial charge in [0, 0.05) is 25.2 Å². The number of phenols is 1. The van der Waals surface area contributed by atoms with E-state index >= 15 is 0 Å². The average Bonchev–Trinajstić information content (AvgIpc) is 2.95. The van der Waals surface area contributed by atoms with Gasteiger partial charge in [-0.25, -0.2) is 0 Å². The van der Waals surface area contributed by atoms with E-state index in [-0.39, 0.29) is 17.7 Å². The summed E-state index contributed by atoms with van der Waals surface area (Å²) in [6.07, 6.45) is 2.82. The third kappa shape index (κ3) is 3.88. The molecule has 1 atom stereocenters. The maximum atomic E-state index is 11.8. The highest BCUT2D eigenvalue weighted by molar-refractivity contribution is 5.81. The lowest BCUT2D eigenvalue weighted by atomic mass is 10.1. The summed E-state index contributed by atoms with van der Waals surface area (Å²) < 4.78 is 5.50. The Kier molecular flexibility index (Phi) is 5.44. The lowest BCUT2D eigenvalue weighted by molar-refractivity contribution is -0.125. The van der Waals surface area contributed by atoms with Gasteiger partial charge in [-0.3, -0.25) is 9.69 Å². The summed E-state index contributed by atoms with van der Waals surface area (Å²) in [6, 6.07) is 5.30. The van der Waals surface area contributed by atoms with Crippen LogP contribution in [0.4, 0.5) is 0 Å². The van der Waals surface area contributed by atoms with E-state index in [1.54, 1.807) is 13.1 Å². The fourth-order valence-electron chi connectivity index (χ4n) is 2.68. The second kappa shape index (κ2) is 7.31. The third-order valence-corrected chi connectivity index (χ3v) is 3.82. The number of nitrogens with zero attached hydrogens (tertiary/aromatic N) is 1. The number of carbonyl (C=O) groups excluding carboxylic acids is 1. The number of phenolic OH excluding ortho intramolecular Hbond substituents is 1. The van der Waals surface area contributed by atoms with Gasteiger partial charge >= 0.3 is 0 Å². The number of amides is 1. The molecule has 0 spiro atoms. The van der Waals surface area contributed by atoms with Gasteiger partial charge in [0.05, 0.1) is 12.6 Å². The molecule has 1 aliphatic heterocycles. The van der Waals surface area contributed by atoms with Crippen LogP contribution in [0.15, 0.2) is 18.2 Å². The fourth-order valence-corrected chi connectivity index (χ4v) is 2.68. The van der Waals surface area contributed by atoms with Crippen LogP contribution in [0.3, 0.4) is 0 Å². The van der Waals surface area contributed by atoms with E-state index in [9.17, 15) is 9.90 Å². The molecule has 1 aromatic rings. The van der Waals surface area contributed by atoms with Crippen molar-refractivity contribution in [1.82, 2.24) is 10.2 Å². The Morgan fingerprint density at radius 1 is 1.52 bits per heavy atom. The second-order valence-corrected chi connectivity index (χ2v) is 5.38. The lowest BCUT2D eigenvalue weighted by Crippen LogP contribution is -2.41. The highest BCUT2D eigenvalue weighted by atomic mass is 16.5. The zero-order chi connectivity index (χ0) is 15.2. The molecule has 116 valence electrons. The van der Waals surface area contributed by atoms with Gasteiger partial charge in [0.25, 0.3) is 0 Å². The van der Waals surface area contributed by atoms with Crippen molar-refractivity contribution in [3.05, 3.63) is 23.8 Å². The second-order valence-electron chi connectivity index (χ2n) is 5.38. The SMILES string of the molecule is CCCOc1ccc(CN2CCCC2C(=O)NC)c(O)c1. The maximum Gasteiger partial charge on any atom is 0.237 e. The smallest absolute Gasteiger partial charge is 0.237 e. The first-order chi connectivity index (χ1) is 10.2. The maximum absolute atomic E-state index is 11.8. The molecular weight excluding hydrogens is 268 g/mol. The van der Waals surface area contributed by atoms with Gasteiger partial charge in [-0.05, 0) is 31.9 Å². The summed E-state index contributed by atoms with van der Waals surface area (Å²) in [5.74, 6) is 0.962. The van der Waals surface area contributed by atoms with Crippen LogP contribution in [0.1, 0.15) is 31.7 Å². The van der Waals surface area contributed by atoms with E-state index in [1.807, 2.05) is 19.1 Å². The van der Waals surface area contributed by atoms with E-state index < -0.39 is 0 Å². The number of benzene rings is 1. The summed E-state index contributed by atoms with van der Waals surface area (Å²) in [7, 11) is 1.66. The summed E-state index contributed by atoms with van der Waals surface area (Å²) in [5.41, 5.74) is 0.828. The van der Waals surface area contributed by atoms with Gasteiger partial charge < -0.3 is 15.2 Å². The van der Waals surface area contributed by atoms with E-state index in [4.69, 9.17) is 4.74 Å². The predicted molar refractivity (Wildman–Crippen MR) is 81.4 cm³/mol. The van der Waals surface area contributed by atoms with Gasteiger partial charge in [0.2, 0.25) is 5.91 Å². The molecule has 5 nitrogen and oxygen atoms in total. The summed E-state index contributed by atoms with van der Waals surface area (Å²) in [4.78, 5) is 13.9. The van der Waals surface area contributed by atoms with Crippen molar-refractivity contribution in [3.63, 3.8) is 0 Å². The van der Waals surface area contributed by atoms with Crippen LogP contribution in [-0.2, 0) is 11.3 Å². The number of rotatable bonds is 6. The molecule has 5 heteroatoms. The van der Waals surface area contributed by atoms with Crippen molar-refractivity contribution in [1.29, 1.82) is 0 Å². The molecule has 1 aliphatic rings. The zero-order valence-corrected chi connectivity index (χ0v) is 12.8. The normalized spacial score (nSPS) is 18.7. The van der Waals surface area contributed by atoms with Crippen molar-refractivity contribution >= 4 is 5.91 Å². The van der Waals surface area contributed by atoms with Gasteiger partial charge in [0.1, 0.15) is 11.5 Å². The first-order valence-electron chi connectivity index (χ1n) is 7.56. The Bertz CT molecular complexity index is 490. The Morgan fingerprint density at radius 3 is 3.00 bits per heavy atom. The number of aromatic hydroxyl groups is 1. The fraction of sp³-hybridized carbons (Fsp3) is 0.562. The van der Waals surface area contributed by atoms with Crippen LogP contribution in [0, 0.1) is 0 Å². The van der Waals surface area contributed by atoms with E-state index in [2.05, 4.69) is 10.2 Å². The minimum atomic E-state index is -0.0922. The molecule has 0 aliphatic carbocycles. The Balaban J connectivity index is 2.03. The van der Waals surface area contributed by atoms with E-state index in [0.717, 1.165) is 31.4 Å². The molecule has 1 saturated heterocycles. The quantitative estimate of drug-likeness (QED) is 0.840. The molecule has 1 fully saturated rings. The first-order valence-corrected chi connectivity index (χ1v) is 7.56. The topological polar surface area (TPSA) is 61.8 Å². The van der Waals surface area contributed by atoms with Crippen molar-refractivity contribution in [2.45, 2.75) is 38.8 Å². The summed E-state index contributed by atoms with van der Waals surface area (Å²) in [6.45, 7) is 4.15. The van der Waals surface area contributed by atoms with Crippen LogP contribution in [-0.4, -0.2) is 42.2 Å². The van der Waals surface area contributed by atoms with E-state index in [1.165, 1.54) is 0 Å². The molecule has 0 bridgehead atoms. The molecule has 1 aromatic carbocycles. The number of likely N-dealkylation sites (N-methyl/N-ethyl adjacent to an activating group) is 1. The minimum Gasteiger partial charge on any atom is -0.507 e. The number of hydrogen-bond acceptors (Lipinski definition) is 4. The van der Waals surface area contributed by atoms with Crippen molar-refractivity contribution < 1.29 is 14.6 Å². The monoisotopic (exact) mass is 292 g/mol. The van der Waals surface area contributed by atoms with Crippen LogP contribution in [0.2, 0.25) is 0 Å². The molecule has 1 unspecified atom stereocenters. The first kappa shape index (κ1) is 15.6. The number of carbonyl (C=O) groups is 1. The standard InChI is InChI=1S/C16H24N2O3/c1-3-9-21-13-7-6-12(15(19)10-13)11-18-8-4-5-14(18)16(20)17-2/h6-7,10,14,19H,3-5,8-9,11H2,1-2H3,(H,17,20). The number of ether oxygens (including phenoxy) is 1.